The van der Waals surface area contributed by atoms with Crippen molar-refractivity contribution >= 4 is 0 Å². The third-order valence-electron chi connectivity index (χ3n) is 2.45. The minimum absolute atomic E-state index is 0.185. The van der Waals surface area contributed by atoms with Gasteiger partial charge in [-0.3, -0.25) is 10.6 Å². The van der Waals surface area contributed by atoms with Crippen molar-refractivity contribution < 1.29 is 9.47 Å². The molecule has 0 bridgehead atoms. The van der Waals surface area contributed by atoms with E-state index in [9.17, 15) is 0 Å². The van der Waals surface area contributed by atoms with E-state index >= 15 is 0 Å². The molecule has 0 spiro atoms. The van der Waals surface area contributed by atoms with Crippen LogP contribution in [-0.2, 0) is 9.47 Å². The van der Waals surface area contributed by atoms with Gasteiger partial charge in [-0.05, 0) is 25.9 Å². The second-order valence-electron chi connectivity index (χ2n) is 3.57. The molecule has 0 saturated carbocycles. The summed E-state index contributed by atoms with van der Waals surface area (Å²) < 4.78 is 11.1. The van der Waals surface area contributed by atoms with Crippen LogP contribution >= 0.6 is 0 Å². The predicted molar refractivity (Wildman–Crippen MR) is 49.3 cm³/mol. The fourth-order valence-corrected chi connectivity index (χ4v) is 1.74. The summed E-state index contributed by atoms with van der Waals surface area (Å²) in [5.41, 5.74) is 0. The second-order valence-corrected chi connectivity index (χ2v) is 3.57. The average Bonchev–Trinajstić information content (AvgIpc) is 2.21. The van der Waals surface area contributed by atoms with Gasteiger partial charge < -0.3 is 9.47 Å². The topological polar surface area (TPSA) is 42.5 Å². The number of hydrogen-bond acceptors (Lipinski definition) is 4. The molecule has 4 nitrogen and oxygen atoms in total. The van der Waals surface area contributed by atoms with Crippen molar-refractivity contribution in [1.82, 2.24) is 10.6 Å². The van der Waals surface area contributed by atoms with Crippen LogP contribution in [0.15, 0.2) is 0 Å². The first-order valence-electron chi connectivity index (χ1n) is 5.15. The molecule has 76 valence electrons. The third kappa shape index (κ3) is 2.91. The number of hydrogen-bond donors (Lipinski definition) is 2. The number of rotatable bonds is 2. The van der Waals surface area contributed by atoms with Gasteiger partial charge in [-0.25, -0.2) is 0 Å². The van der Waals surface area contributed by atoms with Crippen LogP contribution < -0.4 is 10.6 Å². The highest BCUT2D eigenvalue weighted by Gasteiger charge is 2.20. The number of nitrogens with one attached hydrogen (secondary N) is 2. The predicted octanol–water partition coefficient (Wildman–Crippen LogP) is 0.0485. The molecule has 0 radical (unpaired) electrons. The van der Waals surface area contributed by atoms with E-state index in [4.69, 9.17) is 9.47 Å². The highest BCUT2D eigenvalue weighted by atomic mass is 16.5. The maximum absolute atomic E-state index is 5.55. The van der Waals surface area contributed by atoms with E-state index in [1.807, 2.05) is 0 Å². The normalized spacial score (nSPS) is 36.0. The molecule has 2 saturated heterocycles. The molecule has 0 aromatic carbocycles. The molecule has 0 aliphatic carbocycles. The molecular formula is C9H18N2O2. The first-order valence-corrected chi connectivity index (χ1v) is 5.15. The van der Waals surface area contributed by atoms with Gasteiger partial charge in [0.2, 0.25) is 0 Å². The Morgan fingerprint density at radius 3 is 1.85 bits per heavy atom. The van der Waals surface area contributed by atoms with Crippen molar-refractivity contribution in [1.29, 1.82) is 0 Å². The van der Waals surface area contributed by atoms with Crippen LogP contribution in [0.25, 0.3) is 0 Å². The Balaban J connectivity index is 1.69. The molecule has 0 aromatic rings. The van der Waals surface area contributed by atoms with Gasteiger partial charge in [0.05, 0.1) is 0 Å². The van der Waals surface area contributed by atoms with Crippen molar-refractivity contribution in [2.24, 2.45) is 0 Å². The maximum atomic E-state index is 5.55. The lowest BCUT2D eigenvalue weighted by atomic mass is 10.2. The van der Waals surface area contributed by atoms with E-state index in [0.717, 1.165) is 45.6 Å². The lowest BCUT2D eigenvalue weighted by molar-refractivity contribution is -0.0679. The van der Waals surface area contributed by atoms with Gasteiger partial charge in [0.25, 0.3) is 0 Å². The number of ether oxygens (including phenoxy) is 2. The van der Waals surface area contributed by atoms with Crippen LogP contribution in [0, 0.1) is 0 Å². The Bertz CT molecular complexity index is 127. The maximum Gasteiger partial charge on any atom is 0.111 e. The van der Waals surface area contributed by atoms with Gasteiger partial charge in [0.1, 0.15) is 12.5 Å². The Morgan fingerprint density at radius 2 is 1.46 bits per heavy atom. The van der Waals surface area contributed by atoms with Gasteiger partial charge in [-0.15, -0.1) is 0 Å². The molecule has 13 heavy (non-hydrogen) atoms. The minimum Gasteiger partial charge on any atom is -0.363 e. The van der Waals surface area contributed by atoms with Crippen molar-refractivity contribution in [2.75, 3.05) is 26.3 Å². The third-order valence-corrected chi connectivity index (χ3v) is 2.45. The summed E-state index contributed by atoms with van der Waals surface area (Å²) in [5.74, 6) is 0. The van der Waals surface area contributed by atoms with Gasteiger partial charge in [-0.2, -0.15) is 0 Å². The molecule has 2 fully saturated rings. The molecule has 2 unspecified atom stereocenters. The van der Waals surface area contributed by atoms with Crippen molar-refractivity contribution in [3.05, 3.63) is 0 Å². The molecule has 2 N–H and O–H groups in total. The standard InChI is InChI=1S/C9H18N2O2/c1-3-10-8(12-5-1)7-9-11-4-2-6-13-9/h8-11H,1-7H2. The highest BCUT2D eigenvalue weighted by Crippen LogP contribution is 2.08. The fourth-order valence-electron chi connectivity index (χ4n) is 1.74. The van der Waals surface area contributed by atoms with Crippen molar-refractivity contribution in [2.45, 2.75) is 31.7 Å². The van der Waals surface area contributed by atoms with E-state index in [-0.39, 0.29) is 12.5 Å². The Morgan fingerprint density at radius 1 is 0.923 bits per heavy atom. The molecule has 2 aliphatic rings. The monoisotopic (exact) mass is 186 g/mol. The van der Waals surface area contributed by atoms with E-state index in [1.54, 1.807) is 0 Å². The smallest absolute Gasteiger partial charge is 0.111 e. The van der Waals surface area contributed by atoms with Crippen LogP contribution in [0.5, 0.6) is 0 Å². The van der Waals surface area contributed by atoms with Gasteiger partial charge in [0.15, 0.2) is 0 Å². The Labute approximate surface area is 79.0 Å². The fraction of sp³-hybridized carbons (Fsp3) is 1.00. The lowest BCUT2D eigenvalue weighted by Gasteiger charge is -2.30. The summed E-state index contributed by atoms with van der Waals surface area (Å²) in [7, 11) is 0. The van der Waals surface area contributed by atoms with Crippen LogP contribution in [0.4, 0.5) is 0 Å². The lowest BCUT2D eigenvalue weighted by Crippen LogP contribution is -2.46. The van der Waals surface area contributed by atoms with Crippen LogP contribution in [0.3, 0.4) is 0 Å². The SMILES string of the molecule is C1CNC(CC2NCCCO2)OC1. The quantitative estimate of drug-likeness (QED) is 0.639. The van der Waals surface area contributed by atoms with E-state index in [0.29, 0.717) is 0 Å². The van der Waals surface area contributed by atoms with E-state index < -0.39 is 0 Å². The molecule has 2 aliphatic heterocycles. The average molecular weight is 186 g/mol. The Hall–Kier alpha value is -0.160. The molecule has 2 rings (SSSR count). The van der Waals surface area contributed by atoms with Crippen LogP contribution in [0.2, 0.25) is 0 Å². The second kappa shape index (κ2) is 4.91. The van der Waals surface area contributed by atoms with Crippen LogP contribution in [0.1, 0.15) is 19.3 Å². The first-order chi connectivity index (χ1) is 6.45. The zero-order valence-electron chi connectivity index (χ0n) is 7.92. The first kappa shape index (κ1) is 9.40. The van der Waals surface area contributed by atoms with Gasteiger partial charge >= 0.3 is 0 Å². The summed E-state index contributed by atoms with van der Waals surface area (Å²) >= 11 is 0. The molecular weight excluding hydrogens is 168 g/mol. The molecule has 4 heteroatoms. The van der Waals surface area contributed by atoms with Crippen LogP contribution in [-0.4, -0.2) is 38.8 Å². The highest BCUT2D eigenvalue weighted by molar-refractivity contribution is 4.69. The van der Waals surface area contributed by atoms with Crippen molar-refractivity contribution in [3.8, 4) is 0 Å². The van der Waals surface area contributed by atoms with Gasteiger partial charge in [-0.1, -0.05) is 0 Å². The van der Waals surface area contributed by atoms with E-state index in [1.165, 1.54) is 0 Å². The summed E-state index contributed by atoms with van der Waals surface area (Å²) in [6, 6.07) is 0. The molecule has 2 heterocycles. The summed E-state index contributed by atoms with van der Waals surface area (Å²) in [5, 5.41) is 6.65. The van der Waals surface area contributed by atoms with E-state index in [2.05, 4.69) is 10.6 Å². The largest absolute Gasteiger partial charge is 0.363 e. The zero-order valence-corrected chi connectivity index (χ0v) is 7.92. The molecule has 2 atom stereocenters. The molecule has 0 aromatic heterocycles. The summed E-state index contributed by atoms with van der Waals surface area (Å²) in [6.07, 6.45) is 3.53. The summed E-state index contributed by atoms with van der Waals surface area (Å²) in [6.45, 7) is 3.89. The van der Waals surface area contributed by atoms with Crippen molar-refractivity contribution in [3.63, 3.8) is 0 Å². The molecule has 0 amide bonds. The minimum atomic E-state index is 0.185. The van der Waals surface area contributed by atoms with Gasteiger partial charge in [0, 0.05) is 19.6 Å². The summed E-state index contributed by atoms with van der Waals surface area (Å²) in [4.78, 5) is 0. The Kier molecular flexibility index (Phi) is 3.55. The zero-order chi connectivity index (χ0) is 8.93.